The highest BCUT2D eigenvalue weighted by molar-refractivity contribution is 5.94. The van der Waals surface area contributed by atoms with Gasteiger partial charge in [-0.1, -0.05) is 24.3 Å². The number of fused-ring (bicyclic) bond motifs is 1. The Labute approximate surface area is 142 Å². The average Bonchev–Trinajstić information content (AvgIpc) is 2.97. The molecular formula is C17H23ClN4O. The molecule has 2 aromatic rings. The summed E-state index contributed by atoms with van der Waals surface area (Å²) in [6, 6.07) is 8.19. The summed E-state index contributed by atoms with van der Waals surface area (Å²) < 4.78 is 0. The van der Waals surface area contributed by atoms with Crippen LogP contribution >= 0.6 is 12.4 Å². The van der Waals surface area contributed by atoms with Crippen molar-refractivity contribution in [3.63, 3.8) is 0 Å². The quantitative estimate of drug-likeness (QED) is 0.902. The summed E-state index contributed by atoms with van der Waals surface area (Å²) in [5.41, 5.74) is 5.07. The van der Waals surface area contributed by atoms with E-state index in [4.69, 9.17) is 0 Å². The number of H-pyrrole nitrogens is 1. The topological polar surface area (TPSA) is 61.0 Å². The van der Waals surface area contributed by atoms with Gasteiger partial charge in [0.1, 0.15) is 0 Å². The molecule has 0 spiro atoms. The van der Waals surface area contributed by atoms with E-state index in [9.17, 15) is 4.79 Å². The van der Waals surface area contributed by atoms with Crippen LogP contribution in [-0.2, 0) is 19.5 Å². The second-order valence-corrected chi connectivity index (χ2v) is 5.70. The van der Waals surface area contributed by atoms with Gasteiger partial charge in [0.05, 0.1) is 0 Å². The van der Waals surface area contributed by atoms with Gasteiger partial charge in [0.15, 0.2) is 5.69 Å². The van der Waals surface area contributed by atoms with E-state index in [0.29, 0.717) is 18.8 Å². The van der Waals surface area contributed by atoms with Crippen molar-refractivity contribution in [2.24, 2.45) is 0 Å². The minimum absolute atomic E-state index is 0. The first-order chi connectivity index (χ1) is 10.7. The minimum Gasteiger partial charge on any atom is -0.333 e. The van der Waals surface area contributed by atoms with Gasteiger partial charge in [-0.15, -0.1) is 12.4 Å². The van der Waals surface area contributed by atoms with Crippen molar-refractivity contribution in [1.82, 2.24) is 20.4 Å². The third kappa shape index (κ3) is 3.57. The number of hydrogen-bond donors (Lipinski definition) is 2. The number of benzene rings is 1. The van der Waals surface area contributed by atoms with E-state index < -0.39 is 0 Å². The molecule has 0 saturated heterocycles. The summed E-state index contributed by atoms with van der Waals surface area (Å²) in [5, 5.41) is 10.6. The summed E-state index contributed by atoms with van der Waals surface area (Å²) in [4.78, 5) is 14.7. The Balaban J connectivity index is 0.00000192. The van der Waals surface area contributed by atoms with Crippen LogP contribution in [0.5, 0.6) is 0 Å². The molecule has 23 heavy (non-hydrogen) atoms. The first-order valence-corrected chi connectivity index (χ1v) is 7.81. The molecule has 2 N–H and O–H groups in total. The zero-order chi connectivity index (χ0) is 15.5. The van der Waals surface area contributed by atoms with Gasteiger partial charge in [0.25, 0.3) is 5.91 Å². The second-order valence-electron chi connectivity index (χ2n) is 5.70. The number of halogens is 1. The van der Waals surface area contributed by atoms with Crippen molar-refractivity contribution in [3.05, 3.63) is 52.3 Å². The molecule has 124 valence electrons. The van der Waals surface area contributed by atoms with E-state index in [1.807, 2.05) is 24.0 Å². The van der Waals surface area contributed by atoms with Gasteiger partial charge in [0.2, 0.25) is 0 Å². The number of nitrogens with zero attached hydrogens (tertiary/aromatic N) is 2. The maximum absolute atomic E-state index is 12.8. The van der Waals surface area contributed by atoms with Crippen LogP contribution in [0.25, 0.3) is 0 Å². The van der Waals surface area contributed by atoms with Gasteiger partial charge in [-0.3, -0.25) is 9.89 Å². The number of rotatable bonds is 4. The fourth-order valence-corrected chi connectivity index (χ4v) is 2.87. The highest BCUT2D eigenvalue weighted by Crippen LogP contribution is 2.19. The monoisotopic (exact) mass is 334 g/mol. The van der Waals surface area contributed by atoms with Gasteiger partial charge in [-0.25, -0.2) is 0 Å². The third-order valence-electron chi connectivity index (χ3n) is 4.30. The van der Waals surface area contributed by atoms with Crippen LogP contribution in [-0.4, -0.2) is 34.1 Å². The molecular weight excluding hydrogens is 312 g/mol. The Bertz CT molecular complexity index is 683. The molecule has 1 aliphatic heterocycles. The number of amides is 1. The molecule has 0 fully saturated rings. The highest BCUT2D eigenvalue weighted by Gasteiger charge is 2.25. The SMILES string of the molecule is CCN(Cc1ccccc1C)C(=O)c1n[nH]c2c1CNCC2.Cl. The molecule has 1 aromatic heterocycles. The van der Waals surface area contributed by atoms with Crippen molar-refractivity contribution in [1.29, 1.82) is 0 Å². The fraction of sp³-hybridized carbons (Fsp3) is 0.412. The molecule has 0 radical (unpaired) electrons. The predicted octanol–water partition coefficient (Wildman–Crippen LogP) is 2.45. The van der Waals surface area contributed by atoms with Gasteiger partial charge in [-0.05, 0) is 25.0 Å². The molecule has 0 saturated carbocycles. The van der Waals surface area contributed by atoms with Crippen LogP contribution in [0, 0.1) is 6.92 Å². The molecule has 6 heteroatoms. The number of nitrogens with one attached hydrogen (secondary N) is 2. The number of aryl methyl sites for hydroxylation is 1. The average molecular weight is 335 g/mol. The fourth-order valence-electron chi connectivity index (χ4n) is 2.87. The van der Waals surface area contributed by atoms with Crippen LogP contribution < -0.4 is 5.32 Å². The molecule has 1 amide bonds. The molecule has 5 nitrogen and oxygen atoms in total. The zero-order valence-corrected chi connectivity index (χ0v) is 14.4. The Hall–Kier alpha value is -1.85. The highest BCUT2D eigenvalue weighted by atomic mass is 35.5. The molecule has 0 aliphatic carbocycles. The summed E-state index contributed by atoms with van der Waals surface area (Å²) in [6.07, 6.45) is 0.902. The minimum atomic E-state index is 0. The normalized spacial score (nSPS) is 13.1. The summed E-state index contributed by atoms with van der Waals surface area (Å²) in [5.74, 6) is 0.00644. The molecule has 0 atom stereocenters. The van der Waals surface area contributed by atoms with Crippen LogP contribution in [0.1, 0.15) is 39.8 Å². The van der Waals surface area contributed by atoms with Crippen molar-refractivity contribution in [2.75, 3.05) is 13.1 Å². The van der Waals surface area contributed by atoms with E-state index in [2.05, 4.69) is 34.6 Å². The Kier molecular flexibility index (Phi) is 5.80. The lowest BCUT2D eigenvalue weighted by Gasteiger charge is -2.22. The first-order valence-electron chi connectivity index (χ1n) is 7.81. The molecule has 0 bridgehead atoms. The third-order valence-corrected chi connectivity index (χ3v) is 4.30. The number of aromatic amines is 1. The van der Waals surface area contributed by atoms with E-state index in [1.165, 1.54) is 11.1 Å². The summed E-state index contributed by atoms with van der Waals surface area (Å²) in [6.45, 7) is 7.03. The Morgan fingerprint density at radius 1 is 1.35 bits per heavy atom. The largest absolute Gasteiger partial charge is 0.333 e. The van der Waals surface area contributed by atoms with Crippen LogP contribution in [0.15, 0.2) is 24.3 Å². The summed E-state index contributed by atoms with van der Waals surface area (Å²) >= 11 is 0. The molecule has 0 unspecified atom stereocenters. The van der Waals surface area contributed by atoms with Crippen molar-refractivity contribution in [3.8, 4) is 0 Å². The predicted molar refractivity (Wildman–Crippen MR) is 92.8 cm³/mol. The van der Waals surface area contributed by atoms with Crippen LogP contribution in [0.2, 0.25) is 0 Å². The molecule has 1 aromatic carbocycles. The molecule has 2 heterocycles. The van der Waals surface area contributed by atoms with E-state index >= 15 is 0 Å². The first kappa shape index (κ1) is 17.5. The zero-order valence-electron chi connectivity index (χ0n) is 13.6. The summed E-state index contributed by atoms with van der Waals surface area (Å²) in [7, 11) is 0. The lowest BCUT2D eigenvalue weighted by atomic mass is 10.1. The van der Waals surface area contributed by atoms with Gasteiger partial charge < -0.3 is 10.2 Å². The Morgan fingerprint density at radius 2 is 2.13 bits per heavy atom. The number of carbonyl (C=O) groups excluding carboxylic acids is 1. The maximum Gasteiger partial charge on any atom is 0.274 e. The molecule has 3 rings (SSSR count). The maximum atomic E-state index is 12.8. The van der Waals surface area contributed by atoms with Crippen molar-refractivity contribution in [2.45, 2.75) is 33.4 Å². The number of carbonyl (C=O) groups is 1. The van der Waals surface area contributed by atoms with E-state index in [0.717, 1.165) is 30.8 Å². The standard InChI is InChI=1S/C17H22N4O.ClH/c1-3-21(11-13-7-5-4-6-12(13)2)17(22)16-14-10-18-9-8-15(14)19-20-16;/h4-7,18H,3,8-11H2,1-2H3,(H,19,20);1H. The van der Waals surface area contributed by atoms with E-state index in [1.54, 1.807) is 0 Å². The number of aromatic nitrogens is 2. The van der Waals surface area contributed by atoms with Crippen molar-refractivity contribution >= 4 is 18.3 Å². The van der Waals surface area contributed by atoms with E-state index in [-0.39, 0.29) is 18.3 Å². The van der Waals surface area contributed by atoms with Gasteiger partial charge in [0, 0.05) is 43.9 Å². The van der Waals surface area contributed by atoms with Crippen LogP contribution in [0.4, 0.5) is 0 Å². The molecule has 1 aliphatic rings. The Morgan fingerprint density at radius 3 is 2.87 bits per heavy atom. The van der Waals surface area contributed by atoms with Gasteiger partial charge >= 0.3 is 0 Å². The smallest absolute Gasteiger partial charge is 0.274 e. The lowest BCUT2D eigenvalue weighted by molar-refractivity contribution is 0.0745. The van der Waals surface area contributed by atoms with Crippen molar-refractivity contribution < 1.29 is 4.79 Å². The number of hydrogen-bond acceptors (Lipinski definition) is 3. The lowest BCUT2D eigenvalue weighted by Crippen LogP contribution is -2.33. The second kappa shape index (κ2) is 7.62. The van der Waals surface area contributed by atoms with Gasteiger partial charge in [-0.2, -0.15) is 5.10 Å². The van der Waals surface area contributed by atoms with Crippen LogP contribution in [0.3, 0.4) is 0 Å².